The van der Waals surface area contributed by atoms with Gasteiger partial charge in [0.15, 0.2) is 0 Å². The highest BCUT2D eigenvalue weighted by atomic mass is 19.1. The molecule has 29 heavy (non-hydrogen) atoms. The summed E-state index contributed by atoms with van der Waals surface area (Å²) in [5, 5.41) is 2.93. The van der Waals surface area contributed by atoms with E-state index >= 15 is 0 Å². The molecule has 2 aliphatic heterocycles. The third kappa shape index (κ3) is 4.10. The van der Waals surface area contributed by atoms with Crippen molar-refractivity contribution in [3.05, 3.63) is 59.9 Å². The SMILES string of the molecule is CN1C(=O)C[C@H](C(=O)Nc2ccc(N3CCOCC3)cc2)[C@H]1c1ccc(F)cc1. The van der Waals surface area contributed by atoms with Gasteiger partial charge in [0, 0.05) is 37.9 Å². The van der Waals surface area contributed by atoms with E-state index < -0.39 is 12.0 Å². The van der Waals surface area contributed by atoms with Crippen molar-refractivity contribution in [2.75, 3.05) is 43.6 Å². The fourth-order valence-electron chi connectivity index (χ4n) is 4.03. The van der Waals surface area contributed by atoms with E-state index in [0.29, 0.717) is 18.9 Å². The second-order valence-electron chi connectivity index (χ2n) is 7.45. The number of ether oxygens (including phenoxy) is 1. The number of rotatable bonds is 4. The van der Waals surface area contributed by atoms with Gasteiger partial charge in [-0.15, -0.1) is 0 Å². The number of hydrogen-bond donors (Lipinski definition) is 1. The molecule has 2 saturated heterocycles. The summed E-state index contributed by atoms with van der Waals surface area (Å²) >= 11 is 0. The molecule has 2 atom stereocenters. The van der Waals surface area contributed by atoms with E-state index in [1.165, 1.54) is 12.1 Å². The summed E-state index contributed by atoms with van der Waals surface area (Å²) in [6, 6.07) is 13.3. The predicted octanol–water partition coefficient (Wildman–Crippen LogP) is 2.82. The van der Waals surface area contributed by atoms with Gasteiger partial charge in [0.1, 0.15) is 5.82 Å². The first-order chi connectivity index (χ1) is 14.0. The lowest BCUT2D eigenvalue weighted by atomic mass is 9.93. The Morgan fingerprint density at radius 1 is 1.07 bits per heavy atom. The van der Waals surface area contributed by atoms with Gasteiger partial charge in [-0.05, 0) is 42.0 Å². The lowest BCUT2D eigenvalue weighted by Gasteiger charge is -2.29. The maximum atomic E-state index is 13.3. The largest absolute Gasteiger partial charge is 0.378 e. The molecule has 0 aliphatic carbocycles. The summed E-state index contributed by atoms with van der Waals surface area (Å²) in [5.41, 5.74) is 2.53. The van der Waals surface area contributed by atoms with Gasteiger partial charge in [-0.2, -0.15) is 0 Å². The molecule has 2 amide bonds. The van der Waals surface area contributed by atoms with Gasteiger partial charge in [-0.1, -0.05) is 12.1 Å². The number of carbonyl (C=O) groups excluding carboxylic acids is 2. The third-order valence-corrected chi connectivity index (χ3v) is 5.65. The molecule has 152 valence electrons. The zero-order chi connectivity index (χ0) is 20.4. The van der Waals surface area contributed by atoms with E-state index in [-0.39, 0.29) is 24.1 Å². The highest BCUT2D eigenvalue weighted by molar-refractivity contribution is 5.98. The van der Waals surface area contributed by atoms with Crippen molar-refractivity contribution in [3.8, 4) is 0 Å². The monoisotopic (exact) mass is 397 g/mol. The Hall–Kier alpha value is -2.93. The molecule has 6 nitrogen and oxygen atoms in total. The van der Waals surface area contributed by atoms with E-state index in [2.05, 4.69) is 10.2 Å². The number of carbonyl (C=O) groups is 2. The zero-order valence-electron chi connectivity index (χ0n) is 16.3. The third-order valence-electron chi connectivity index (χ3n) is 5.65. The van der Waals surface area contributed by atoms with Crippen molar-refractivity contribution in [2.45, 2.75) is 12.5 Å². The summed E-state index contributed by atoms with van der Waals surface area (Å²) in [4.78, 5) is 29.0. The lowest BCUT2D eigenvalue weighted by molar-refractivity contribution is -0.127. The standard InChI is InChI=1S/C22H24FN3O3/c1-25-20(27)14-19(21(25)15-2-4-16(23)5-3-15)22(28)24-17-6-8-18(9-7-17)26-10-12-29-13-11-26/h2-9,19,21H,10-14H2,1H3,(H,24,28)/t19-,21+/m0/s1. The molecule has 0 spiro atoms. The molecule has 4 rings (SSSR count). The maximum absolute atomic E-state index is 13.3. The Kier molecular flexibility index (Phi) is 5.49. The van der Waals surface area contributed by atoms with Gasteiger partial charge < -0.3 is 19.9 Å². The molecular weight excluding hydrogens is 373 g/mol. The predicted molar refractivity (Wildman–Crippen MR) is 108 cm³/mol. The van der Waals surface area contributed by atoms with Gasteiger partial charge in [-0.25, -0.2) is 4.39 Å². The number of nitrogens with one attached hydrogen (secondary N) is 1. The molecule has 2 aromatic rings. The molecule has 2 aromatic carbocycles. The number of morpholine rings is 1. The molecule has 0 unspecified atom stereocenters. The van der Waals surface area contributed by atoms with Crippen LogP contribution in [0, 0.1) is 11.7 Å². The zero-order valence-corrected chi connectivity index (χ0v) is 16.3. The minimum absolute atomic E-state index is 0.0952. The van der Waals surface area contributed by atoms with Crippen molar-refractivity contribution >= 4 is 23.2 Å². The maximum Gasteiger partial charge on any atom is 0.230 e. The van der Waals surface area contributed by atoms with Crippen LogP contribution in [0.4, 0.5) is 15.8 Å². The van der Waals surface area contributed by atoms with Crippen molar-refractivity contribution in [1.29, 1.82) is 0 Å². The number of benzene rings is 2. The molecule has 0 aromatic heterocycles. The van der Waals surface area contributed by atoms with Crippen molar-refractivity contribution in [1.82, 2.24) is 4.90 Å². The number of halogens is 1. The molecular formula is C22H24FN3O3. The molecule has 0 saturated carbocycles. The Morgan fingerprint density at radius 2 is 1.72 bits per heavy atom. The first-order valence-electron chi connectivity index (χ1n) is 9.77. The van der Waals surface area contributed by atoms with Gasteiger partial charge >= 0.3 is 0 Å². The van der Waals surface area contributed by atoms with E-state index in [1.54, 1.807) is 24.1 Å². The van der Waals surface area contributed by atoms with Crippen LogP contribution in [-0.4, -0.2) is 50.1 Å². The second-order valence-corrected chi connectivity index (χ2v) is 7.45. The first kappa shape index (κ1) is 19.4. The molecule has 2 aliphatic rings. The lowest BCUT2D eigenvalue weighted by Crippen LogP contribution is -2.36. The summed E-state index contributed by atoms with van der Waals surface area (Å²) in [6.07, 6.45) is 0.135. The highest BCUT2D eigenvalue weighted by Crippen LogP contribution is 2.37. The Morgan fingerprint density at radius 3 is 2.38 bits per heavy atom. The molecule has 0 radical (unpaired) electrons. The van der Waals surface area contributed by atoms with Crippen LogP contribution < -0.4 is 10.2 Å². The fourth-order valence-corrected chi connectivity index (χ4v) is 4.03. The number of nitrogens with zero attached hydrogens (tertiary/aromatic N) is 2. The molecule has 1 N–H and O–H groups in total. The van der Waals surface area contributed by atoms with Crippen LogP contribution in [0.25, 0.3) is 0 Å². The minimum atomic E-state index is -0.531. The van der Waals surface area contributed by atoms with Crippen molar-refractivity contribution in [2.24, 2.45) is 5.92 Å². The van der Waals surface area contributed by atoms with Gasteiger partial charge in [0.2, 0.25) is 11.8 Å². The molecule has 7 heteroatoms. The van der Waals surface area contributed by atoms with Gasteiger partial charge in [0.25, 0.3) is 0 Å². The average Bonchev–Trinajstić information content (AvgIpc) is 3.05. The summed E-state index contributed by atoms with van der Waals surface area (Å²) in [5.74, 6) is -1.18. The highest BCUT2D eigenvalue weighted by Gasteiger charge is 2.42. The summed E-state index contributed by atoms with van der Waals surface area (Å²) in [7, 11) is 1.68. The molecule has 2 fully saturated rings. The second kappa shape index (κ2) is 8.21. The van der Waals surface area contributed by atoms with Crippen LogP contribution in [0.15, 0.2) is 48.5 Å². The average molecular weight is 397 g/mol. The van der Waals surface area contributed by atoms with E-state index in [9.17, 15) is 14.0 Å². The normalized spacial score (nSPS) is 22.1. The van der Waals surface area contributed by atoms with Crippen LogP contribution in [0.3, 0.4) is 0 Å². The minimum Gasteiger partial charge on any atom is -0.378 e. The van der Waals surface area contributed by atoms with E-state index in [0.717, 1.165) is 24.3 Å². The van der Waals surface area contributed by atoms with Crippen molar-refractivity contribution in [3.63, 3.8) is 0 Å². The smallest absolute Gasteiger partial charge is 0.230 e. The molecule has 2 heterocycles. The summed E-state index contributed by atoms with van der Waals surface area (Å²) < 4.78 is 18.7. The Balaban J connectivity index is 1.47. The van der Waals surface area contributed by atoms with Gasteiger partial charge in [-0.3, -0.25) is 9.59 Å². The van der Waals surface area contributed by atoms with E-state index in [1.807, 2.05) is 24.3 Å². The Labute approximate surface area is 169 Å². The number of amides is 2. The van der Waals surface area contributed by atoms with Crippen LogP contribution in [-0.2, 0) is 14.3 Å². The van der Waals surface area contributed by atoms with Crippen molar-refractivity contribution < 1.29 is 18.7 Å². The number of likely N-dealkylation sites (tertiary alicyclic amines) is 1. The fraction of sp³-hybridized carbons (Fsp3) is 0.364. The summed E-state index contributed by atoms with van der Waals surface area (Å²) in [6.45, 7) is 3.13. The quantitative estimate of drug-likeness (QED) is 0.862. The molecule has 0 bridgehead atoms. The first-order valence-corrected chi connectivity index (χ1v) is 9.77. The number of anilines is 2. The van der Waals surface area contributed by atoms with Crippen LogP contribution in [0.1, 0.15) is 18.0 Å². The van der Waals surface area contributed by atoms with Gasteiger partial charge in [0.05, 0.1) is 25.2 Å². The Bertz CT molecular complexity index is 879. The topological polar surface area (TPSA) is 61.9 Å². The van der Waals surface area contributed by atoms with Crippen LogP contribution >= 0.6 is 0 Å². The van der Waals surface area contributed by atoms with E-state index in [4.69, 9.17) is 4.74 Å². The number of hydrogen-bond acceptors (Lipinski definition) is 4. The van der Waals surface area contributed by atoms with Crippen LogP contribution in [0.5, 0.6) is 0 Å². The van der Waals surface area contributed by atoms with Crippen LogP contribution in [0.2, 0.25) is 0 Å².